The summed E-state index contributed by atoms with van der Waals surface area (Å²) in [4.78, 5) is 0. The number of aliphatic hydroxyl groups excluding tert-OH is 2. The Labute approximate surface area is 60.9 Å². The summed E-state index contributed by atoms with van der Waals surface area (Å²) < 4.78 is 0. The minimum Gasteiger partial charge on any atom is -0.396 e. The number of rotatable bonds is 5. The molecule has 0 saturated heterocycles. The van der Waals surface area contributed by atoms with Crippen LogP contribution < -0.4 is 0 Å². The van der Waals surface area contributed by atoms with Crippen LogP contribution in [0.5, 0.6) is 0 Å². The van der Waals surface area contributed by atoms with Gasteiger partial charge in [-0.1, -0.05) is 0 Å². The van der Waals surface area contributed by atoms with Gasteiger partial charge >= 0.3 is 0 Å². The quantitative estimate of drug-likeness (QED) is 0.581. The van der Waals surface area contributed by atoms with Crippen molar-refractivity contribution in [3.8, 4) is 6.07 Å². The first kappa shape index (κ1) is 9.41. The van der Waals surface area contributed by atoms with E-state index in [-0.39, 0.29) is 19.1 Å². The van der Waals surface area contributed by atoms with Gasteiger partial charge in [-0.3, -0.25) is 0 Å². The van der Waals surface area contributed by atoms with E-state index in [2.05, 4.69) is 0 Å². The molecule has 0 spiro atoms. The Morgan fingerprint density at radius 1 is 1.30 bits per heavy atom. The second kappa shape index (κ2) is 6.53. The molecule has 0 heterocycles. The number of aliphatic hydroxyl groups is 2. The summed E-state index contributed by atoms with van der Waals surface area (Å²) in [7, 11) is 0. The smallest absolute Gasteiger partial charge is 0.0621 e. The van der Waals surface area contributed by atoms with Crippen LogP contribution in [0.3, 0.4) is 0 Å². The van der Waals surface area contributed by atoms with E-state index in [1.165, 1.54) is 0 Å². The van der Waals surface area contributed by atoms with Crippen LogP contribution in [0.1, 0.15) is 19.3 Å². The highest BCUT2D eigenvalue weighted by atomic mass is 16.3. The van der Waals surface area contributed by atoms with Crippen molar-refractivity contribution in [3.63, 3.8) is 0 Å². The Kier molecular flexibility index (Phi) is 6.14. The van der Waals surface area contributed by atoms with E-state index in [9.17, 15) is 0 Å². The molecule has 10 heavy (non-hydrogen) atoms. The molecule has 0 aliphatic heterocycles. The highest BCUT2D eigenvalue weighted by Crippen LogP contribution is 2.08. The molecule has 0 aromatic rings. The van der Waals surface area contributed by atoms with Crippen molar-refractivity contribution in [2.24, 2.45) is 5.92 Å². The molecule has 0 aliphatic rings. The Balaban J connectivity index is 3.32. The van der Waals surface area contributed by atoms with Crippen molar-refractivity contribution >= 4 is 0 Å². The Morgan fingerprint density at radius 3 is 2.40 bits per heavy atom. The molecule has 0 bridgehead atoms. The van der Waals surface area contributed by atoms with Crippen LogP contribution in [0.4, 0.5) is 0 Å². The lowest BCUT2D eigenvalue weighted by molar-refractivity contribution is 0.178. The first-order valence-corrected chi connectivity index (χ1v) is 3.43. The molecule has 0 aromatic heterocycles. The lowest BCUT2D eigenvalue weighted by atomic mass is 10.0. The lowest BCUT2D eigenvalue weighted by Gasteiger charge is -2.08. The standard InChI is InChI=1S/C7H13NO2/c8-4-1-2-7(6-10)3-5-9/h7,9-10H,1-3,5-6H2. The lowest BCUT2D eigenvalue weighted by Crippen LogP contribution is -2.07. The van der Waals surface area contributed by atoms with E-state index >= 15 is 0 Å². The summed E-state index contributed by atoms with van der Waals surface area (Å²) in [5, 5.41) is 25.3. The number of hydrogen-bond donors (Lipinski definition) is 2. The maximum atomic E-state index is 8.66. The van der Waals surface area contributed by atoms with Crippen LogP contribution >= 0.6 is 0 Å². The third kappa shape index (κ3) is 4.30. The molecular weight excluding hydrogens is 130 g/mol. The molecule has 3 nitrogen and oxygen atoms in total. The van der Waals surface area contributed by atoms with Gasteiger partial charge in [0.15, 0.2) is 0 Å². The van der Waals surface area contributed by atoms with Gasteiger partial charge in [0, 0.05) is 19.6 Å². The number of nitriles is 1. The molecule has 0 fully saturated rings. The van der Waals surface area contributed by atoms with Crippen LogP contribution in [0.2, 0.25) is 0 Å². The van der Waals surface area contributed by atoms with Crippen molar-refractivity contribution in [2.75, 3.05) is 13.2 Å². The maximum Gasteiger partial charge on any atom is 0.0621 e. The number of nitrogens with zero attached hydrogens (tertiary/aromatic N) is 1. The van der Waals surface area contributed by atoms with Crippen LogP contribution in [0, 0.1) is 17.2 Å². The summed E-state index contributed by atoms with van der Waals surface area (Å²) in [5.41, 5.74) is 0. The highest BCUT2D eigenvalue weighted by molar-refractivity contribution is 4.71. The van der Waals surface area contributed by atoms with Gasteiger partial charge in [0.2, 0.25) is 0 Å². The molecular formula is C7H13NO2. The second-order valence-corrected chi connectivity index (χ2v) is 2.26. The second-order valence-electron chi connectivity index (χ2n) is 2.26. The van der Waals surface area contributed by atoms with Gasteiger partial charge in [0.05, 0.1) is 6.07 Å². The molecule has 0 amide bonds. The molecule has 0 rings (SSSR count). The van der Waals surface area contributed by atoms with Crippen LogP contribution in [0.15, 0.2) is 0 Å². The van der Waals surface area contributed by atoms with Gasteiger partial charge < -0.3 is 10.2 Å². The normalized spacial score (nSPS) is 12.5. The van der Waals surface area contributed by atoms with Crippen molar-refractivity contribution < 1.29 is 10.2 Å². The molecule has 1 atom stereocenters. The molecule has 58 valence electrons. The predicted octanol–water partition coefficient (Wildman–Crippen LogP) is 0.281. The zero-order valence-corrected chi connectivity index (χ0v) is 5.95. The Hall–Kier alpha value is -0.590. The fraction of sp³-hybridized carbons (Fsp3) is 0.857. The van der Waals surface area contributed by atoms with E-state index in [1.54, 1.807) is 0 Å². The Morgan fingerprint density at radius 2 is 2.00 bits per heavy atom. The van der Waals surface area contributed by atoms with Gasteiger partial charge in [-0.2, -0.15) is 5.26 Å². The van der Waals surface area contributed by atoms with Crippen molar-refractivity contribution in [2.45, 2.75) is 19.3 Å². The summed E-state index contributed by atoms with van der Waals surface area (Å²) >= 11 is 0. The first-order valence-electron chi connectivity index (χ1n) is 3.43. The molecule has 0 aromatic carbocycles. The average Bonchev–Trinajstić information content (AvgIpc) is 1.98. The van der Waals surface area contributed by atoms with Gasteiger partial charge in [0.25, 0.3) is 0 Å². The SMILES string of the molecule is N#CCCC(CO)CCO. The van der Waals surface area contributed by atoms with Gasteiger partial charge in [-0.25, -0.2) is 0 Å². The summed E-state index contributed by atoms with van der Waals surface area (Å²) in [5.74, 6) is 0.102. The van der Waals surface area contributed by atoms with Crippen molar-refractivity contribution in [1.82, 2.24) is 0 Å². The third-order valence-corrected chi connectivity index (χ3v) is 1.46. The fourth-order valence-corrected chi connectivity index (χ4v) is 0.778. The molecule has 0 radical (unpaired) electrons. The first-order chi connectivity index (χ1) is 4.85. The monoisotopic (exact) mass is 143 g/mol. The van der Waals surface area contributed by atoms with Crippen LogP contribution in [-0.2, 0) is 0 Å². The summed E-state index contributed by atoms with van der Waals surface area (Å²) in [6.07, 6.45) is 1.75. The number of hydrogen-bond acceptors (Lipinski definition) is 3. The third-order valence-electron chi connectivity index (χ3n) is 1.46. The van der Waals surface area contributed by atoms with E-state index in [0.717, 1.165) is 0 Å². The van der Waals surface area contributed by atoms with Crippen molar-refractivity contribution in [1.29, 1.82) is 5.26 Å². The predicted molar refractivity (Wildman–Crippen MR) is 37.1 cm³/mol. The summed E-state index contributed by atoms with van der Waals surface area (Å²) in [6.45, 7) is 0.166. The Bertz CT molecular complexity index is 109. The summed E-state index contributed by atoms with van der Waals surface area (Å²) in [6, 6.07) is 2.00. The van der Waals surface area contributed by atoms with Gasteiger partial charge in [-0.05, 0) is 18.8 Å². The van der Waals surface area contributed by atoms with Crippen molar-refractivity contribution in [3.05, 3.63) is 0 Å². The van der Waals surface area contributed by atoms with Gasteiger partial charge in [-0.15, -0.1) is 0 Å². The average molecular weight is 143 g/mol. The van der Waals surface area contributed by atoms with E-state index in [4.69, 9.17) is 15.5 Å². The van der Waals surface area contributed by atoms with E-state index in [1.807, 2.05) is 6.07 Å². The fourth-order valence-electron chi connectivity index (χ4n) is 0.778. The minimum absolute atomic E-state index is 0.0717. The van der Waals surface area contributed by atoms with Crippen LogP contribution in [-0.4, -0.2) is 23.4 Å². The largest absolute Gasteiger partial charge is 0.396 e. The van der Waals surface area contributed by atoms with Crippen LogP contribution in [0.25, 0.3) is 0 Å². The highest BCUT2D eigenvalue weighted by Gasteiger charge is 2.04. The topological polar surface area (TPSA) is 64.2 Å². The maximum absolute atomic E-state index is 8.66. The van der Waals surface area contributed by atoms with Gasteiger partial charge in [0.1, 0.15) is 0 Å². The van der Waals surface area contributed by atoms with E-state index in [0.29, 0.717) is 19.3 Å². The van der Waals surface area contributed by atoms with E-state index < -0.39 is 0 Å². The minimum atomic E-state index is 0.0717. The zero-order valence-electron chi connectivity index (χ0n) is 5.95. The molecule has 2 N–H and O–H groups in total. The zero-order chi connectivity index (χ0) is 7.82. The molecule has 1 unspecified atom stereocenters. The molecule has 0 saturated carbocycles. The molecule has 0 aliphatic carbocycles. The molecule has 3 heteroatoms.